The van der Waals surface area contributed by atoms with Crippen molar-refractivity contribution in [2.45, 2.75) is 0 Å². The molecule has 0 radical (unpaired) electrons. The van der Waals surface area contributed by atoms with Gasteiger partial charge in [0.25, 0.3) is 5.69 Å². The van der Waals surface area contributed by atoms with E-state index in [2.05, 4.69) is 16.1 Å². The number of hydrogen-bond acceptors (Lipinski definition) is 6. The first-order valence-corrected chi connectivity index (χ1v) is 8.76. The summed E-state index contributed by atoms with van der Waals surface area (Å²) in [5, 5.41) is 17.4. The molecule has 27 heavy (non-hydrogen) atoms. The Kier molecular flexibility index (Phi) is 6.04. The fourth-order valence-electron chi connectivity index (χ4n) is 3.02. The molecule has 7 heteroatoms. The number of benzene rings is 2. The van der Waals surface area contributed by atoms with Crippen molar-refractivity contribution in [1.82, 2.24) is 5.01 Å². The van der Waals surface area contributed by atoms with Crippen LogP contribution in [0.3, 0.4) is 0 Å². The van der Waals surface area contributed by atoms with Gasteiger partial charge in [-0.25, -0.2) is 0 Å². The number of piperazine rings is 1. The smallest absolute Gasteiger partial charge is 0.276 e. The summed E-state index contributed by atoms with van der Waals surface area (Å²) in [6.45, 7) is 3.30. The molecule has 0 spiro atoms. The first-order valence-electron chi connectivity index (χ1n) is 8.76. The Balaban J connectivity index is 1.56. The first-order chi connectivity index (χ1) is 13.2. The summed E-state index contributed by atoms with van der Waals surface area (Å²) in [6, 6.07) is 14.6. The van der Waals surface area contributed by atoms with Crippen LogP contribution in [0, 0.1) is 10.1 Å². The van der Waals surface area contributed by atoms with Gasteiger partial charge in [0.05, 0.1) is 36.4 Å². The molecular weight excluding hydrogens is 344 g/mol. The highest BCUT2D eigenvalue weighted by Crippen LogP contribution is 2.28. The summed E-state index contributed by atoms with van der Waals surface area (Å²) in [7, 11) is 1.68. The summed E-state index contributed by atoms with van der Waals surface area (Å²) in [5.74, 6) is 0.877. The van der Waals surface area contributed by atoms with Gasteiger partial charge in [0.1, 0.15) is 5.75 Å². The van der Waals surface area contributed by atoms with Gasteiger partial charge in [-0.15, -0.1) is 0 Å². The summed E-state index contributed by atoms with van der Waals surface area (Å²) in [5.41, 5.74) is 1.75. The van der Waals surface area contributed by atoms with E-state index in [1.165, 1.54) is 6.07 Å². The van der Waals surface area contributed by atoms with E-state index in [4.69, 9.17) is 4.74 Å². The standard InChI is InChI=1S/C20H22N4O3/c1-27-20-11-5-4-10-19(20)22-13-15-23(16-14-22)21-12-6-8-17-7-2-3-9-18(17)24(25)26/h2-12H,13-16H2,1H3/b8-6-,21-12?. The van der Waals surface area contributed by atoms with Crippen molar-refractivity contribution in [3.63, 3.8) is 0 Å². The molecule has 140 valence electrons. The number of methoxy groups -OCH3 is 1. The fourth-order valence-corrected chi connectivity index (χ4v) is 3.02. The van der Waals surface area contributed by atoms with Crippen LogP contribution in [0.25, 0.3) is 6.08 Å². The second-order valence-corrected chi connectivity index (χ2v) is 6.05. The lowest BCUT2D eigenvalue weighted by Gasteiger charge is -2.35. The van der Waals surface area contributed by atoms with Gasteiger partial charge in [0, 0.05) is 25.4 Å². The molecule has 0 bridgehead atoms. The van der Waals surface area contributed by atoms with E-state index in [1.807, 2.05) is 23.2 Å². The Morgan fingerprint density at radius 1 is 1.07 bits per heavy atom. The minimum Gasteiger partial charge on any atom is -0.495 e. The molecule has 0 saturated carbocycles. The zero-order chi connectivity index (χ0) is 19.1. The maximum Gasteiger partial charge on any atom is 0.276 e. The molecule has 2 aromatic carbocycles. The lowest BCUT2D eigenvalue weighted by atomic mass is 10.1. The number of para-hydroxylation sites is 3. The van der Waals surface area contributed by atoms with Gasteiger partial charge in [-0.05, 0) is 30.4 Å². The van der Waals surface area contributed by atoms with E-state index < -0.39 is 0 Å². The molecular formula is C20H22N4O3. The molecule has 0 aromatic heterocycles. The highest BCUT2D eigenvalue weighted by Gasteiger charge is 2.18. The third kappa shape index (κ3) is 4.63. The van der Waals surface area contributed by atoms with E-state index in [-0.39, 0.29) is 10.6 Å². The van der Waals surface area contributed by atoms with Crippen molar-refractivity contribution in [2.75, 3.05) is 38.2 Å². The number of rotatable bonds is 6. The largest absolute Gasteiger partial charge is 0.495 e. The van der Waals surface area contributed by atoms with E-state index >= 15 is 0 Å². The quantitative estimate of drug-likeness (QED) is 0.445. The molecule has 0 atom stereocenters. The third-order valence-corrected chi connectivity index (χ3v) is 4.41. The van der Waals surface area contributed by atoms with E-state index in [1.54, 1.807) is 43.7 Å². The minimum atomic E-state index is -0.381. The number of nitrogens with zero attached hydrogens (tertiary/aromatic N) is 4. The lowest BCUT2D eigenvalue weighted by molar-refractivity contribution is -0.385. The van der Waals surface area contributed by atoms with Crippen LogP contribution in [0.5, 0.6) is 5.75 Å². The van der Waals surface area contributed by atoms with Gasteiger partial charge < -0.3 is 9.64 Å². The van der Waals surface area contributed by atoms with Crippen LogP contribution in [-0.2, 0) is 0 Å². The van der Waals surface area contributed by atoms with Gasteiger partial charge in [-0.1, -0.05) is 24.3 Å². The van der Waals surface area contributed by atoms with Gasteiger partial charge in [0.2, 0.25) is 0 Å². The molecule has 2 aromatic rings. The Labute approximate surface area is 158 Å². The molecule has 7 nitrogen and oxygen atoms in total. The maximum atomic E-state index is 11.0. The topological polar surface area (TPSA) is 71.2 Å². The van der Waals surface area contributed by atoms with Crippen molar-refractivity contribution in [1.29, 1.82) is 0 Å². The number of nitro groups is 1. The minimum absolute atomic E-state index is 0.0903. The predicted octanol–water partition coefficient (Wildman–Crippen LogP) is 3.42. The summed E-state index contributed by atoms with van der Waals surface area (Å²) in [4.78, 5) is 12.9. The number of hydrogen-bond donors (Lipinski definition) is 0. The Morgan fingerprint density at radius 2 is 1.78 bits per heavy atom. The maximum absolute atomic E-state index is 11.0. The second kappa shape index (κ2) is 8.84. The van der Waals surface area contributed by atoms with Crippen LogP contribution in [0.1, 0.15) is 5.56 Å². The molecule has 1 aliphatic heterocycles. The molecule has 0 N–H and O–H groups in total. The van der Waals surface area contributed by atoms with E-state index in [9.17, 15) is 10.1 Å². The molecule has 0 amide bonds. The fraction of sp³-hybridized carbons (Fsp3) is 0.250. The Hall–Kier alpha value is -3.35. The molecule has 0 aliphatic carbocycles. The van der Waals surface area contributed by atoms with Gasteiger partial charge >= 0.3 is 0 Å². The highest BCUT2D eigenvalue weighted by molar-refractivity contribution is 5.79. The molecule has 1 heterocycles. The molecule has 1 fully saturated rings. The van der Waals surface area contributed by atoms with Crippen molar-refractivity contribution in [3.8, 4) is 5.75 Å². The summed E-state index contributed by atoms with van der Waals surface area (Å²) >= 11 is 0. The van der Waals surface area contributed by atoms with Crippen LogP contribution >= 0.6 is 0 Å². The summed E-state index contributed by atoms with van der Waals surface area (Å²) < 4.78 is 5.43. The van der Waals surface area contributed by atoms with Crippen molar-refractivity contribution < 1.29 is 9.66 Å². The summed E-state index contributed by atoms with van der Waals surface area (Å²) in [6.07, 6.45) is 5.11. The van der Waals surface area contributed by atoms with Crippen LogP contribution in [-0.4, -0.2) is 49.4 Å². The monoisotopic (exact) mass is 366 g/mol. The predicted molar refractivity (Wildman–Crippen MR) is 107 cm³/mol. The molecule has 1 aliphatic rings. The SMILES string of the molecule is COc1ccccc1N1CCN(N=C/C=C\c2ccccc2[N+](=O)[O-])CC1. The Bertz CT molecular complexity index is 843. The van der Waals surface area contributed by atoms with Crippen LogP contribution in [0.4, 0.5) is 11.4 Å². The lowest BCUT2D eigenvalue weighted by Crippen LogP contribution is -2.44. The number of hydrazone groups is 1. The zero-order valence-electron chi connectivity index (χ0n) is 15.2. The van der Waals surface area contributed by atoms with Gasteiger partial charge in [-0.3, -0.25) is 15.1 Å². The molecule has 1 saturated heterocycles. The average Bonchev–Trinajstić information content (AvgIpc) is 2.72. The first kappa shape index (κ1) is 18.4. The Morgan fingerprint density at radius 3 is 2.52 bits per heavy atom. The van der Waals surface area contributed by atoms with Crippen molar-refractivity contribution in [3.05, 3.63) is 70.3 Å². The second-order valence-electron chi connectivity index (χ2n) is 6.05. The van der Waals surface area contributed by atoms with E-state index in [0.717, 1.165) is 37.6 Å². The molecule has 0 unspecified atom stereocenters. The zero-order valence-corrected chi connectivity index (χ0v) is 15.2. The van der Waals surface area contributed by atoms with Gasteiger partial charge in [-0.2, -0.15) is 5.10 Å². The van der Waals surface area contributed by atoms with Crippen LogP contribution in [0.2, 0.25) is 0 Å². The van der Waals surface area contributed by atoms with Crippen LogP contribution < -0.4 is 9.64 Å². The number of ether oxygens (including phenoxy) is 1. The normalized spacial score (nSPS) is 14.9. The number of allylic oxidation sites excluding steroid dienone is 1. The van der Waals surface area contributed by atoms with Crippen LogP contribution in [0.15, 0.2) is 59.7 Å². The van der Waals surface area contributed by atoms with Crippen molar-refractivity contribution in [2.24, 2.45) is 5.10 Å². The molecule has 3 rings (SSSR count). The van der Waals surface area contributed by atoms with E-state index in [0.29, 0.717) is 5.56 Å². The average molecular weight is 366 g/mol. The third-order valence-electron chi connectivity index (χ3n) is 4.41. The number of nitro benzene ring substituents is 1. The highest BCUT2D eigenvalue weighted by atomic mass is 16.6. The van der Waals surface area contributed by atoms with Crippen molar-refractivity contribution >= 4 is 23.7 Å². The number of anilines is 1. The van der Waals surface area contributed by atoms with Gasteiger partial charge in [0.15, 0.2) is 0 Å².